The third-order valence-electron chi connectivity index (χ3n) is 1.86. The summed E-state index contributed by atoms with van der Waals surface area (Å²) in [4.78, 5) is 10.7. The van der Waals surface area contributed by atoms with Crippen LogP contribution in [0.3, 0.4) is 0 Å². The number of carboxylic acid groups (broad SMARTS) is 1. The van der Waals surface area contributed by atoms with Gasteiger partial charge in [-0.2, -0.15) is 0 Å². The zero-order valence-electron chi connectivity index (χ0n) is 7.12. The van der Waals surface area contributed by atoms with Crippen LogP contribution in [0.25, 0.3) is 0 Å². The Bertz CT molecular complexity index is 338. The molecular weight excluding hydrogens is 190 g/mol. The second kappa shape index (κ2) is 3.66. The molecule has 1 unspecified atom stereocenters. The molecule has 0 heterocycles. The van der Waals surface area contributed by atoms with Gasteiger partial charge in [0.25, 0.3) is 0 Å². The van der Waals surface area contributed by atoms with Crippen molar-refractivity contribution in [2.75, 3.05) is 5.73 Å². The highest BCUT2D eigenvalue weighted by molar-refractivity contribution is 6.31. The summed E-state index contributed by atoms with van der Waals surface area (Å²) in [5, 5.41) is 9.19. The molecule has 0 amide bonds. The van der Waals surface area contributed by atoms with Gasteiger partial charge < -0.3 is 10.8 Å². The number of benzene rings is 1. The Morgan fingerprint density at radius 2 is 2.23 bits per heavy atom. The monoisotopic (exact) mass is 199 g/mol. The molecule has 0 bridgehead atoms. The fraction of sp³-hybridized carbons (Fsp3) is 0.222. The van der Waals surface area contributed by atoms with E-state index in [9.17, 15) is 4.79 Å². The lowest BCUT2D eigenvalue weighted by Crippen LogP contribution is -2.08. The minimum absolute atomic E-state index is 0.434. The van der Waals surface area contributed by atoms with E-state index in [0.717, 1.165) is 0 Å². The van der Waals surface area contributed by atoms with Gasteiger partial charge in [-0.05, 0) is 30.7 Å². The van der Waals surface area contributed by atoms with Gasteiger partial charge >= 0.3 is 5.97 Å². The number of halogens is 1. The molecule has 0 aliphatic heterocycles. The van der Waals surface area contributed by atoms with Crippen LogP contribution in [-0.2, 0) is 4.79 Å². The lowest BCUT2D eigenvalue weighted by molar-refractivity contribution is -0.138. The SMILES string of the molecule is CC(C(=O)O)c1cc(N)ccc1Cl. The molecule has 13 heavy (non-hydrogen) atoms. The molecule has 0 aromatic heterocycles. The summed E-state index contributed by atoms with van der Waals surface area (Å²) in [6.07, 6.45) is 0. The van der Waals surface area contributed by atoms with Crippen LogP contribution in [0.5, 0.6) is 0 Å². The number of nitrogen functional groups attached to an aromatic ring is 1. The summed E-state index contributed by atoms with van der Waals surface area (Å²) in [6, 6.07) is 4.83. The molecule has 70 valence electrons. The predicted molar refractivity (Wildman–Crippen MR) is 51.9 cm³/mol. The average molecular weight is 200 g/mol. The van der Waals surface area contributed by atoms with Crippen molar-refractivity contribution >= 4 is 23.3 Å². The van der Waals surface area contributed by atoms with Gasteiger partial charge in [-0.25, -0.2) is 0 Å². The fourth-order valence-corrected chi connectivity index (χ4v) is 1.31. The van der Waals surface area contributed by atoms with Crippen molar-refractivity contribution in [2.24, 2.45) is 0 Å². The lowest BCUT2D eigenvalue weighted by Gasteiger charge is -2.09. The predicted octanol–water partition coefficient (Wildman–Crippen LogP) is 2.11. The molecule has 3 nitrogen and oxygen atoms in total. The van der Waals surface area contributed by atoms with Crippen molar-refractivity contribution in [3.8, 4) is 0 Å². The van der Waals surface area contributed by atoms with Crippen LogP contribution in [0.2, 0.25) is 5.02 Å². The highest BCUT2D eigenvalue weighted by Crippen LogP contribution is 2.26. The van der Waals surface area contributed by atoms with E-state index in [2.05, 4.69) is 0 Å². The maximum atomic E-state index is 10.7. The molecule has 0 radical (unpaired) electrons. The Morgan fingerprint density at radius 1 is 1.62 bits per heavy atom. The second-order valence-electron chi connectivity index (χ2n) is 2.84. The Labute approximate surface area is 81.1 Å². The van der Waals surface area contributed by atoms with Crippen molar-refractivity contribution < 1.29 is 9.90 Å². The van der Waals surface area contributed by atoms with Crippen LogP contribution in [0.4, 0.5) is 5.69 Å². The zero-order chi connectivity index (χ0) is 10.0. The first kappa shape index (κ1) is 9.86. The maximum absolute atomic E-state index is 10.7. The molecule has 3 N–H and O–H groups in total. The molecule has 1 aromatic rings. The number of carbonyl (C=O) groups is 1. The average Bonchev–Trinajstić information content (AvgIpc) is 2.08. The molecule has 1 rings (SSSR count). The van der Waals surface area contributed by atoms with E-state index in [1.54, 1.807) is 25.1 Å². The summed E-state index contributed by atoms with van der Waals surface area (Å²) >= 11 is 5.82. The minimum atomic E-state index is -0.910. The molecule has 0 saturated carbocycles. The molecule has 4 heteroatoms. The third-order valence-corrected chi connectivity index (χ3v) is 2.20. The van der Waals surface area contributed by atoms with Crippen LogP contribution in [0.15, 0.2) is 18.2 Å². The van der Waals surface area contributed by atoms with Gasteiger partial charge in [0.15, 0.2) is 0 Å². The Hall–Kier alpha value is -1.22. The maximum Gasteiger partial charge on any atom is 0.310 e. The third kappa shape index (κ3) is 2.12. The number of hydrogen-bond donors (Lipinski definition) is 2. The molecule has 1 aromatic carbocycles. The smallest absolute Gasteiger partial charge is 0.310 e. The Kier molecular flexibility index (Phi) is 2.78. The van der Waals surface area contributed by atoms with Crippen LogP contribution in [0, 0.1) is 0 Å². The summed E-state index contributed by atoms with van der Waals surface area (Å²) in [7, 11) is 0. The highest BCUT2D eigenvalue weighted by Gasteiger charge is 2.16. The fourth-order valence-electron chi connectivity index (χ4n) is 1.03. The van der Waals surface area contributed by atoms with Gasteiger partial charge in [-0.1, -0.05) is 11.6 Å². The van der Waals surface area contributed by atoms with Gasteiger partial charge in [0, 0.05) is 10.7 Å². The highest BCUT2D eigenvalue weighted by atomic mass is 35.5. The van der Waals surface area contributed by atoms with Crippen molar-refractivity contribution in [2.45, 2.75) is 12.8 Å². The van der Waals surface area contributed by atoms with Crippen molar-refractivity contribution in [3.05, 3.63) is 28.8 Å². The number of aliphatic carboxylic acids is 1. The van der Waals surface area contributed by atoms with E-state index < -0.39 is 11.9 Å². The number of nitrogens with two attached hydrogens (primary N) is 1. The zero-order valence-corrected chi connectivity index (χ0v) is 7.88. The first-order valence-electron chi connectivity index (χ1n) is 3.80. The summed E-state index contributed by atoms with van der Waals surface area (Å²) in [5.74, 6) is -1.54. The number of rotatable bonds is 2. The van der Waals surface area contributed by atoms with Gasteiger partial charge in [-0.3, -0.25) is 4.79 Å². The van der Waals surface area contributed by atoms with E-state index in [4.69, 9.17) is 22.4 Å². The van der Waals surface area contributed by atoms with Crippen LogP contribution in [-0.4, -0.2) is 11.1 Å². The van der Waals surface area contributed by atoms with Crippen LogP contribution in [0.1, 0.15) is 18.4 Å². The van der Waals surface area contributed by atoms with Gasteiger partial charge in [0.1, 0.15) is 0 Å². The Balaban J connectivity index is 3.12. The van der Waals surface area contributed by atoms with Crippen LogP contribution < -0.4 is 5.73 Å². The van der Waals surface area contributed by atoms with Crippen molar-refractivity contribution in [3.63, 3.8) is 0 Å². The van der Waals surface area contributed by atoms with E-state index in [-0.39, 0.29) is 0 Å². The number of carboxylic acids is 1. The normalized spacial score (nSPS) is 12.5. The van der Waals surface area contributed by atoms with Gasteiger partial charge in [0.2, 0.25) is 0 Å². The van der Waals surface area contributed by atoms with E-state index in [0.29, 0.717) is 16.3 Å². The lowest BCUT2D eigenvalue weighted by atomic mass is 10.0. The van der Waals surface area contributed by atoms with Crippen LogP contribution >= 0.6 is 11.6 Å². The molecule has 0 aliphatic rings. The first-order valence-corrected chi connectivity index (χ1v) is 4.18. The second-order valence-corrected chi connectivity index (χ2v) is 3.25. The molecule has 0 fully saturated rings. The van der Waals surface area contributed by atoms with Crippen molar-refractivity contribution in [1.29, 1.82) is 0 Å². The summed E-state index contributed by atoms with van der Waals surface area (Å²) < 4.78 is 0. The molecule has 0 spiro atoms. The summed E-state index contributed by atoms with van der Waals surface area (Å²) in [5.41, 5.74) is 6.58. The molecular formula is C9H10ClNO2. The Morgan fingerprint density at radius 3 is 2.77 bits per heavy atom. The quantitative estimate of drug-likeness (QED) is 0.718. The van der Waals surface area contributed by atoms with E-state index in [1.807, 2.05) is 0 Å². The largest absolute Gasteiger partial charge is 0.481 e. The summed E-state index contributed by atoms with van der Waals surface area (Å²) in [6.45, 7) is 1.57. The van der Waals surface area contributed by atoms with E-state index in [1.165, 1.54) is 0 Å². The number of anilines is 1. The minimum Gasteiger partial charge on any atom is -0.481 e. The molecule has 0 aliphatic carbocycles. The first-order chi connectivity index (χ1) is 6.02. The van der Waals surface area contributed by atoms with E-state index >= 15 is 0 Å². The standard InChI is InChI=1S/C9H10ClNO2/c1-5(9(12)13)7-4-6(11)2-3-8(7)10/h2-5H,11H2,1H3,(H,12,13). The molecule has 0 saturated heterocycles. The number of hydrogen-bond acceptors (Lipinski definition) is 2. The van der Waals surface area contributed by atoms with Gasteiger partial charge in [0.05, 0.1) is 5.92 Å². The molecule has 1 atom stereocenters. The van der Waals surface area contributed by atoms with Gasteiger partial charge in [-0.15, -0.1) is 0 Å². The topological polar surface area (TPSA) is 63.3 Å². The van der Waals surface area contributed by atoms with Crippen molar-refractivity contribution in [1.82, 2.24) is 0 Å².